The van der Waals surface area contributed by atoms with Crippen LogP contribution in [0.1, 0.15) is 17.3 Å². The number of hydrogen-bond acceptors (Lipinski definition) is 9. The molecule has 15 heteroatoms. The van der Waals surface area contributed by atoms with Gasteiger partial charge in [0.05, 0.1) is 23.5 Å². The smallest absolute Gasteiger partial charge is 0.341 e. The highest BCUT2D eigenvalue weighted by Gasteiger charge is 2.27. The van der Waals surface area contributed by atoms with E-state index in [0.29, 0.717) is 81.4 Å². The van der Waals surface area contributed by atoms with Crippen LogP contribution >= 0.6 is 12.2 Å². The molecule has 1 aromatic carbocycles. The molecule has 2 aliphatic rings. The molecule has 0 saturated carbocycles. The third kappa shape index (κ3) is 5.50. The van der Waals surface area contributed by atoms with Crippen LogP contribution in [-0.4, -0.2) is 101 Å². The molecular formula is C25H29N7O6S2. The van der Waals surface area contributed by atoms with Crippen LogP contribution in [0.5, 0.6) is 0 Å². The second-order valence-electron chi connectivity index (χ2n) is 9.32. The summed E-state index contributed by atoms with van der Waals surface area (Å²) in [6, 6.07) is 6.53. The van der Waals surface area contributed by atoms with Gasteiger partial charge in [-0.2, -0.15) is 9.29 Å². The van der Waals surface area contributed by atoms with Gasteiger partial charge in [0.2, 0.25) is 21.4 Å². The number of hydrogen-bond donors (Lipinski definition) is 2. The second-order valence-corrected chi connectivity index (χ2v) is 11.6. The fourth-order valence-corrected chi connectivity index (χ4v) is 6.38. The van der Waals surface area contributed by atoms with Crippen molar-refractivity contribution in [1.82, 2.24) is 23.7 Å². The zero-order chi connectivity index (χ0) is 28.4. The zero-order valence-electron chi connectivity index (χ0n) is 21.8. The number of aromatic nitrogens is 3. The van der Waals surface area contributed by atoms with Gasteiger partial charge >= 0.3 is 5.97 Å². The third-order valence-electron chi connectivity index (χ3n) is 6.94. The predicted octanol–water partition coefficient (Wildman–Crippen LogP) is 1.05. The molecule has 3 aromatic rings. The predicted molar refractivity (Wildman–Crippen MR) is 152 cm³/mol. The minimum Gasteiger partial charge on any atom is -0.477 e. The van der Waals surface area contributed by atoms with E-state index in [1.165, 1.54) is 16.7 Å². The van der Waals surface area contributed by atoms with Crippen molar-refractivity contribution >= 4 is 56.0 Å². The van der Waals surface area contributed by atoms with Crippen molar-refractivity contribution < 1.29 is 23.1 Å². The van der Waals surface area contributed by atoms with Gasteiger partial charge in [-0.25, -0.2) is 18.2 Å². The number of pyridine rings is 1. The van der Waals surface area contributed by atoms with E-state index in [0.717, 1.165) is 0 Å². The van der Waals surface area contributed by atoms with E-state index < -0.39 is 21.4 Å². The summed E-state index contributed by atoms with van der Waals surface area (Å²) in [5.41, 5.74) is 0.158. The number of piperazine rings is 1. The summed E-state index contributed by atoms with van der Waals surface area (Å²) >= 11 is 5.60. The molecule has 0 amide bonds. The van der Waals surface area contributed by atoms with Gasteiger partial charge < -0.3 is 29.5 Å². The maximum atomic E-state index is 12.8. The van der Waals surface area contributed by atoms with Crippen LogP contribution < -0.4 is 15.6 Å². The largest absolute Gasteiger partial charge is 0.477 e. The van der Waals surface area contributed by atoms with E-state index in [1.54, 1.807) is 28.8 Å². The molecule has 2 aromatic heterocycles. The molecule has 0 radical (unpaired) electrons. The Hall–Kier alpha value is -3.66. The first kappa shape index (κ1) is 27.9. The molecule has 2 fully saturated rings. The highest BCUT2D eigenvalue weighted by atomic mass is 32.2. The quantitative estimate of drug-likeness (QED) is 0.397. The first-order chi connectivity index (χ1) is 19.2. The van der Waals surface area contributed by atoms with Crippen LogP contribution in [0, 0.1) is 0 Å². The highest BCUT2D eigenvalue weighted by molar-refractivity contribution is 7.89. The highest BCUT2D eigenvalue weighted by Crippen LogP contribution is 2.21. The van der Waals surface area contributed by atoms with E-state index in [2.05, 4.69) is 15.3 Å². The number of anilines is 2. The van der Waals surface area contributed by atoms with Crippen LogP contribution in [0.15, 0.2) is 46.3 Å². The van der Waals surface area contributed by atoms with Crippen LogP contribution in [-0.2, 0) is 21.3 Å². The Morgan fingerprint density at radius 3 is 2.40 bits per heavy atom. The Kier molecular flexibility index (Phi) is 7.98. The molecule has 2 N–H and O–H groups in total. The van der Waals surface area contributed by atoms with Crippen molar-refractivity contribution in [2.45, 2.75) is 18.4 Å². The molecule has 5 rings (SSSR count). The van der Waals surface area contributed by atoms with Crippen molar-refractivity contribution in [3.8, 4) is 0 Å². The molecule has 0 aliphatic carbocycles. The number of morpholine rings is 1. The van der Waals surface area contributed by atoms with Gasteiger partial charge in [0.1, 0.15) is 11.2 Å². The molecule has 4 heterocycles. The fraction of sp³-hybridized carbons (Fsp3) is 0.400. The number of carboxylic acid groups (broad SMARTS) is 1. The molecule has 212 valence electrons. The fourth-order valence-electron chi connectivity index (χ4n) is 4.67. The maximum absolute atomic E-state index is 12.8. The number of nitrogens with zero attached hydrogens (tertiary/aromatic N) is 6. The summed E-state index contributed by atoms with van der Waals surface area (Å²) < 4.78 is 34.0. The molecule has 2 aliphatic heterocycles. The van der Waals surface area contributed by atoms with Gasteiger partial charge in [0, 0.05) is 63.9 Å². The molecule has 0 atom stereocenters. The lowest BCUT2D eigenvalue weighted by Crippen LogP contribution is -2.50. The summed E-state index contributed by atoms with van der Waals surface area (Å²) in [6.45, 7) is 6.09. The number of nitrogens with one attached hydrogen (secondary N) is 1. The number of carboxylic acids is 1. The molecule has 0 unspecified atom stereocenters. The Labute approximate surface area is 236 Å². The topological polar surface area (TPSA) is 150 Å². The average Bonchev–Trinajstić information content (AvgIpc) is 2.98. The SMILES string of the molecule is CCn1cc(C(=O)O)c(=O)c2cnc(N3CCN(C(=S)Nc4ccc(S(=O)(=O)N5CCOCC5)cc4)CC3)nc21. The van der Waals surface area contributed by atoms with Gasteiger partial charge in [-0.3, -0.25) is 4.79 Å². The van der Waals surface area contributed by atoms with Crippen molar-refractivity contribution in [2.24, 2.45) is 0 Å². The van der Waals surface area contributed by atoms with E-state index in [-0.39, 0.29) is 15.8 Å². The summed E-state index contributed by atoms with van der Waals surface area (Å²) in [7, 11) is -3.57. The lowest BCUT2D eigenvalue weighted by molar-refractivity contribution is 0.0694. The Morgan fingerprint density at radius 2 is 1.77 bits per heavy atom. The van der Waals surface area contributed by atoms with Gasteiger partial charge in [-0.05, 0) is 43.4 Å². The van der Waals surface area contributed by atoms with Crippen LogP contribution in [0.3, 0.4) is 0 Å². The van der Waals surface area contributed by atoms with Gasteiger partial charge in [-0.1, -0.05) is 0 Å². The number of carbonyl (C=O) groups is 1. The number of benzene rings is 1. The summed E-state index contributed by atoms with van der Waals surface area (Å²) in [5, 5.41) is 13.2. The number of aryl methyl sites for hydroxylation is 1. The van der Waals surface area contributed by atoms with Crippen molar-refractivity contribution in [1.29, 1.82) is 0 Å². The second kappa shape index (κ2) is 11.4. The molecule has 13 nitrogen and oxygen atoms in total. The summed E-state index contributed by atoms with van der Waals surface area (Å²) in [6.07, 6.45) is 2.70. The minimum absolute atomic E-state index is 0.165. The maximum Gasteiger partial charge on any atom is 0.341 e. The molecule has 0 spiro atoms. The Balaban J connectivity index is 1.22. The van der Waals surface area contributed by atoms with E-state index in [1.807, 2.05) is 16.7 Å². The molecular weight excluding hydrogens is 558 g/mol. The van der Waals surface area contributed by atoms with Gasteiger partial charge in [0.15, 0.2) is 5.11 Å². The molecule has 0 bridgehead atoms. The molecule has 40 heavy (non-hydrogen) atoms. The van der Waals surface area contributed by atoms with E-state index in [4.69, 9.17) is 17.0 Å². The van der Waals surface area contributed by atoms with Gasteiger partial charge in [0.25, 0.3) is 0 Å². The first-order valence-electron chi connectivity index (χ1n) is 12.8. The normalized spacial score (nSPS) is 16.7. The minimum atomic E-state index is -3.57. The summed E-state index contributed by atoms with van der Waals surface area (Å²) in [4.78, 5) is 37.2. The number of sulfonamides is 1. The van der Waals surface area contributed by atoms with Crippen LogP contribution in [0.4, 0.5) is 11.6 Å². The van der Waals surface area contributed by atoms with Crippen LogP contribution in [0.2, 0.25) is 0 Å². The van der Waals surface area contributed by atoms with E-state index in [9.17, 15) is 23.1 Å². The number of fused-ring (bicyclic) bond motifs is 1. The Bertz CT molecular complexity index is 1600. The third-order valence-corrected chi connectivity index (χ3v) is 9.21. The zero-order valence-corrected chi connectivity index (χ0v) is 23.4. The van der Waals surface area contributed by atoms with Crippen molar-refractivity contribution in [2.75, 3.05) is 62.7 Å². The Morgan fingerprint density at radius 1 is 1.10 bits per heavy atom. The lowest BCUT2D eigenvalue weighted by atomic mass is 10.2. The summed E-state index contributed by atoms with van der Waals surface area (Å²) in [5.74, 6) is -0.833. The average molecular weight is 588 g/mol. The monoisotopic (exact) mass is 587 g/mol. The van der Waals surface area contributed by atoms with Crippen molar-refractivity contribution in [3.63, 3.8) is 0 Å². The van der Waals surface area contributed by atoms with Crippen molar-refractivity contribution in [3.05, 3.63) is 52.4 Å². The standard InChI is InChI=1S/C25H29N7O6S2/c1-2-29-16-20(23(34)35)21(33)19-15-26-24(28-22(19)29)30-7-9-31(10-8-30)25(39)27-17-3-5-18(6-4-17)40(36,37)32-11-13-38-14-12-32/h3-6,15-16H,2,7-14H2,1H3,(H,27,39)(H,34,35). The first-order valence-corrected chi connectivity index (χ1v) is 14.7. The number of thiocarbonyl (C=S) groups is 1. The lowest BCUT2D eigenvalue weighted by Gasteiger charge is -2.36. The van der Waals surface area contributed by atoms with Crippen LogP contribution in [0.25, 0.3) is 11.0 Å². The number of rotatable bonds is 6. The number of aromatic carboxylic acids is 1. The number of ether oxygens (including phenoxy) is 1. The van der Waals surface area contributed by atoms with Gasteiger partial charge in [-0.15, -0.1) is 0 Å². The molecule has 2 saturated heterocycles. The van der Waals surface area contributed by atoms with E-state index >= 15 is 0 Å².